The average molecular weight is 292 g/mol. The van der Waals surface area contributed by atoms with Gasteiger partial charge in [0.25, 0.3) is 5.69 Å². The summed E-state index contributed by atoms with van der Waals surface area (Å²) in [5, 5.41) is 10.7. The number of hydrogen-bond acceptors (Lipinski definition) is 8. The monoisotopic (exact) mass is 292 g/mol. The highest BCUT2D eigenvalue weighted by atomic mass is 16.6. The van der Waals surface area contributed by atoms with E-state index in [-0.39, 0.29) is 34.9 Å². The fourth-order valence-corrected chi connectivity index (χ4v) is 1.54. The van der Waals surface area contributed by atoms with E-state index in [9.17, 15) is 10.1 Å². The molecule has 21 heavy (non-hydrogen) atoms. The molecule has 1 heterocycles. The van der Waals surface area contributed by atoms with Gasteiger partial charge < -0.3 is 19.9 Å². The van der Waals surface area contributed by atoms with Crippen molar-refractivity contribution in [2.45, 2.75) is 0 Å². The summed E-state index contributed by atoms with van der Waals surface area (Å²) < 4.78 is 15.5. The third-order valence-corrected chi connectivity index (χ3v) is 2.48. The van der Waals surface area contributed by atoms with Gasteiger partial charge >= 0.3 is 0 Å². The number of nitro benzene ring substituents is 1. The van der Waals surface area contributed by atoms with E-state index in [4.69, 9.17) is 19.9 Å². The fourth-order valence-electron chi connectivity index (χ4n) is 1.54. The second kappa shape index (κ2) is 5.90. The minimum absolute atomic E-state index is 0.0229. The summed E-state index contributed by atoms with van der Waals surface area (Å²) >= 11 is 0. The van der Waals surface area contributed by atoms with E-state index in [1.165, 1.54) is 38.5 Å². The van der Waals surface area contributed by atoms with Crippen molar-refractivity contribution in [1.82, 2.24) is 9.97 Å². The predicted octanol–water partition coefficient (Wildman–Crippen LogP) is 1.78. The Kier molecular flexibility index (Phi) is 4.02. The van der Waals surface area contributed by atoms with Gasteiger partial charge in [0.05, 0.1) is 31.3 Å². The number of nitrogens with two attached hydrogens (primary N) is 1. The Morgan fingerprint density at radius 1 is 1.10 bits per heavy atom. The van der Waals surface area contributed by atoms with Crippen LogP contribution in [0.25, 0.3) is 0 Å². The molecule has 0 atom stereocenters. The van der Waals surface area contributed by atoms with E-state index in [1.54, 1.807) is 0 Å². The minimum atomic E-state index is -0.530. The molecule has 0 saturated heterocycles. The summed E-state index contributed by atoms with van der Waals surface area (Å²) in [6.07, 6.45) is 0. The molecule has 0 spiro atoms. The Morgan fingerprint density at radius 3 is 2.43 bits per heavy atom. The van der Waals surface area contributed by atoms with Gasteiger partial charge in [-0.1, -0.05) is 0 Å². The van der Waals surface area contributed by atoms with Gasteiger partial charge in [-0.05, 0) is 6.07 Å². The summed E-state index contributed by atoms with van der Waals surface area (Å²) in [7, 11) is 2.80. The van der Waals surface area contributed by atoms with Crippen molar-refractivity contribution < 1.29 is 19.1 Å². The first-order chi connectivity index (χ1) is 10.0. The van der Waals surface area contributed by atoms with E-state index < -0.39 is 4.92 Å². The molecule has 9 heteroatoms. The molecule has 0 aliphatic rings. The predicted molar refractivity (Wildman–Crippen MR) is 72.7 cm³/mol. The molecule has 0 fully saturated rings. The van der Waals surface area contributed by atoms with Crippen LogP contribution in [0.2, 0.25) is 0 Å². The topological polar surface area (TPSA) is 123 Å². The van der Waals surface area contributed by atoms with Gasteiger partial charge in [-0.2, -0.15) is 9.97 Å². The van der Waals surface area contributed by atoms with Crippen LogP contribution < -0.4 is 19.9 Å². The van der Waals surface area contributed by atoms with Crippen LogP contribution in [-0.2, 0) is 0 Å². The molecule has 2 aromatic rings. The van der Waals surface area contributed by atoms with Crippen molar-refractivity contribution in [2.75, 3.05) is 20.0 Å². The van der Waals surface area contributed by atoms with E-state index in [1.807, 2.05) is 0 Å². The van der Waals surface area contributed by atoms with Gasteiger partial charge in [0.2, 0.25) is 17.7 Å². The van der Waals surface area contributed by atoms with Gasteiger partial charge in [0, 0.05) is 6.07 Å². The van der Waals surface area contributed by atoms with Crippen molar-refractivity contribution in [1.29, 1.82) is 0 Å². The largest absolute Gasteiger partial charge is 0.493 e. The van der Waals surface area contributed by atoms with Crippen LogP contribution in [0.4, 0.5) is 11.6 Å². The van der Waals surface area contributed by atoms with Crippen LogP contribution in [0, 0.1) is 10.1 Å². The van der Waals surface area contributed by atoms with Gasteiger partial charge in [0.1, 0.15) is 0 Å². The maximum absolute atomic E-state index is 10.7. The summed E-state index contributed by atoms with van der Waals surface area (Å²) in [5.74, 6) is 0.790. The van der Waals surface area contributed by atoms with Crippen LogP contribution in [0.15, 0.2) is 24.3 Å². The molecule has 0 bridgehead atoms. The smallest absolute Gasteiger partial charge is 0.273 e. The highest BCUT2D eigenvalue weighted by molar-refractivity contribution is 5.50. The molecular formula is C12H12N4O5. The lowest BCUT2D eigenvalue weighted by Gasteiger charge is -2.10. The normalized spacial score (nSPS) is 10.0. The Bertz CT molecular complexity index is 677. The van der Waals surface area contributed by atoms with Crippen LogP contribution in [0.3, 0.4) is 0 Å². The van der Waals surface area contributed by atoms with Crippen molar-refractivity contribution in [3.05, 3.63) is 34.4 Å². The van der Waals surface area contributed by atoms with Gasteiger partial charge in [-0.25, -0.2) is 0 Å². The standard InChI is InChI=1S/C12H12N4O5/c1-19-9-5-7(16(17)18)3-4-8(9)21-11-6-10(20-2)14-12(13)15-11/h3-6H,1-2H3,(H2,13,14,15). The maximum Gasteiger partial charge on any atom is 0.273 e. The maximum atomic E-state index is 10.7. The SMILES string of the molecule is COc1cc(Oc2ccc([N+](=O)[O-])cc2OC)nc(N)n1. The third-order valence-electron chi connectivity index (χ3n) is 2.48. The second-order valence-electron chi connectivity index (χ2n) is 3.80. The first-order valence-electron chi connectivity index (χ1n) is 5.72. The Morgan fingerprint density at radius 2 is 1.81 bits per heavy atom. The lowest BCUT2D eigenvalue weighted by molar-refractivity contribution is -0.384. The number of ether oxygens (including phenoxy) is 3. The number of anilines is 1. The zero-order valence-electron chi connectivity index (χ0n) is 11.3. The number of aromatic nitrogens is 2. The average Bonchev–Trinajstić information content (AvgIpc) is 2.46. The Balaban J connectivity index is 2.35. The zero-order chi connectivity index (χ0) is 15.4. The van der Waals surface area contributed by atoms with Gasteiger partial charge in [-0.15, -0.1) is 0 Å². The van der Waals surface area contributed by atoms with Gasteiger partial charge in [-0.3, -0.25) is 10.1 Å². The molecule has 9 nitrogen and oxygen atoms in total. The number of rotatable bonds is 5. The molecule has 0 aliphatic carbocycles. The molecule has 0 saturated carbocycles. The second-order valence-corrected chi connectivity index (χ2v) is 3.80. The molecule has 0 unspecified atom stereocenters. The molecule has 0 amide bonds. The van der Waals surface area contributed by atoms with E-state index in [0.717, 1.165) is 0 Å². The zero-order valence-corrected chi connectivity index (χ0v) is 11.3. The van der Waals surface area contributed by atoms with Crippen molar-refractivity contribution >= 4 is 11.6 Å². The highest BCUT2D eigenvalue weighted by Gasteiger charge is 2.14. The highest BCUT2D eigenvalue weighted by Crippen LogP contribution is 2.34. The first kappa shape index (κ1) is 14.3. The van der Waals surface area contributed by atoms with Crippen molar-refractivity contribution in [3.8, 4) is 23.3 Å². The molecule has 2 rings (SSSR count). The Labute approximate surface area is 119 Å². The van der Waals surface area contributed by atoms with Crippen LogP contribution in [0.5, 0.6) is 23.3 Å². The summed E-state index contributed by atoms with van der Waals surface area (Å²) in [6.45, 7) is 0. The number of methoxy groups -OCH3 is 2. The minimum Gasteiger partial charge on any atom is -0.493 e. The van der Waals surface area contributed by atoms with Gasteiger partial charge in [0.15, 0.2) is 11.5 Å². The summed E-state index contributed by atoms with van der Waals surface area (Å²) in [5.41, 5.74) is 5.41. The molecule has 1 aromatic carbocycles. The van der Waals surface area contributed by atoms with E-state index >= 15 is 0 Å². The lowest BCUT2D eigenvalue weighted by Crippen LogP contribution is -2.00. The third kappa shape index (κ3) is 3.26. The number of nitrogens with zero attached hydrogens (tertiary/aromatic N) is 3. The summed E-state index contributed by atoms with van der Waals surface area (Å²) in [4.78, 5) is 17.9. The number of benzene rings is 1. The lowest BCUT2D eigenvalue weighted by atomic mass is 10.3. The van der Waals surface area contributed by atoms with Crippen LogP contribution in [-0.4, -0.2) is 29.1 Å². The number of nitrogen functional groups attached to an aromatic ring is 1. The molecule has 0 radical (unpaired) electrons. The van der Waals surface area contributed by atoms with Crippen LogP contribution >= 0.6 is 0 Å². The number of nitro groups is 1. The summed E-state index contributed by atoms with van der Waals surface area (Å²) in [6, 6.07) is 5.37. The van der Waals surface area contributed by atoms with Crippen molar-refractivity contribution in [3.63, 3.8) is 0 Å². The van der Waals surface area contributed by atoms with Crippen LogP contribution in [0.1, 0.15) is 0 Å². The quantitative estimate of drug-likeness (QED) is 0.653. The van der Waals surface area contributed by atoms with Crippen molar-refractivity contribution in [2.24, 2.45) is 0 Å². The molecule has 0 aliphatic heterocycles. The van der Waals surface area contributed by atoms with E-state index in [0.29, 0.717) is 0 Å². The Hall–Kier alpha value is -3.10. The molecule has 110 valence electrons. The number of non-ortho nitro benzene ring substituents is 1. The molecule has 2 N–H and O–H groups in total. The van der Waals surface area contributed by atoms with E-state index in [2.05, 4.69) is 9.97 Å². The molecular weight excluding hydrogens is 280 g/mol. The number of hydrogen-bond donors (Lipinski definition) is 1. The first-order valence-corrected chi connectivity index (χ1v) is 5.72. The fraction of sp³-hybridized carbons (Fsp3) is 0.167. The molecule has 1 aromatic heterocycles.